The van der Waals surface area contributed by atoms with E-state index in [1.807, 2.05) is 56.3 Å². The molecule has 2 aromatic carbocycles. The van der Waals surface area contributed by atoms with Crippen molar-refractivity contribution in [2.24, 2.45) is 0 Å². The van der Waals surface area contributed by atoms with E-state index in [-0.39, 0.29) is 12.7 Å². The van der Waals surface area contributed by atoms with Crippen molar-refractivity contribution >= 4 is 11.6 Å². The molecule has 1 aliphatic rings. The summed E-state index contributed by atoms with van der Waals surface area (Å²) in [4.78, 5) is 0. The molecule has 0 saturated carbocycles. The predicted octanol–water partition coefficient (Wildman–Crippen LogP) is 4.29. The van der Waals surface area contributed by atoms with Crippen LogP contribution in [0, 0.1) is 0 Å². The van der Waals surface area contributed by atoms with Crippen LogP contribution in [0.4, 0.5) is 0 Å². The molecule has 5 heteroatoms. The average Bonchev–Trinajstić information content (AvgIpc) is 2.64. The van der Waals surface area contributed by atoms with Gasteiger partial charge in [0.25, 0.3) is 0 Å². The zero-order valence-electron chi connectivity index (χ0n) is 15.8. The third-order valence-electron chi connectivity index (χ3n) is 4.99. The Morgan fingerprint density at radius 3 is 2.63 bits per heavy atom. The summed E-state index contributed by atoms with van der Waals surface area (Å²) in [6.07, 6.45) is 0.895. The van der Waals surface area contributed by atoms with E-state index >= 15 is 0 Å². The summed E-state index contributed by atoms with van der Waals surface area (Å²) >= 11 is 6.42. The molecule has 1 aliphatic heterocycles. The Labute approximate surface area is 165 Å². The molecule has 4 nitrogen and oxygen atoms in total. The highest BCUT2D eigenvalue weighted by Gasteiger charge is 2.37. The summed E-state index contributed by atoms with van der Waals surface area (Å²) in [5, 5.41) is 20.5. The van der Waals surface area contributed by atoms with Crippen molar-refractivity contribution in [1.29, 1.82) is 0 Å². The second-order valence-corrected chi connectivity index (χ2v) is 7.82. The van der Waals surface area contributed by atoms with Gasteiger partial charge in [0.05, 0.1) is 31.0 Å². The summed E-state index contributed by atoms with van der Waals surface area (Å²) in [6, 6.07) is 13.9. The summed E-state index contributed by atoms with van der Waals surface area (Å²) in [5.41, 5.74) is 2.39. The van der Waals surface area contributed by atoms with E-state index in [4.69, 9.17) is 21.1 Å². The van der Waals surface area contributed by atoms with Gasteiger partial charge < -0.3 is 19.7 Å². The molecule has 0 bridgehead atoms. The minimum absolute atomic E-state index is 0.118. The van der Waals surface area contributed by atoms with Gasteiger partial charge in [-0.3, -0.25) is 0 Å². The number of aliphatic hydroxyl groups excluding tert-OH is 2. The van der Waals surface area contributed by atoms with E-state index in [2.05, 4.69) is 0 Å². The highest BCUT2D eigenvalue weighted by atomic mass is 35.5. The van der Waals surface area contributed by atoms with Gasteiger partial charge in [-0.1, -0.05) is 35.9 Å². The van der Waals surface area contributed by atoms with Crippen molar-refractivity contribution in [3.05, 3.63) is 64.2 Å². The van der Waals surface area contributed by atoms with Gasteiger partial charge in [-0.15, -0.1) is 0 Å². The van der Waals surface area contributed by atoms with Crippen LogP contribution in [0.15, 0.2) is 42.5 Å². The van der Waals surface area contributed by atoms with E-state index in [1.165, 1.54) is 0 Å². The largest absolute Gasteiger partial charge is 0.494 e. The first-order chi connectivity index (χ1) is 12.9. The van der Waals surface area contributed by atoms with Gasteiger partial charge >= 0.3 is 0 Å². The molecule has 146 valence electrons. The number of ether oxygens (including phenoxy) is 2. The van der Waals surface area contributed by atoms with E-state index < -0.39 is 11.7 Å². The topological polar surface area (TPSA) is 58.9 Å². The molecule has 27 heavy (non-hydrogen) atoms. The lowest BCUT2D eigenvalue weighted by molar-refractivity contribution is -0.172. The lowest BCUT2D eigenvalue weighted by Gasteiger charge is -2.40. The normalized spacial score (nSPS) is 25.4. The maximum absolute atomic E-state index is 10.2. The molecule has 3 rings (SSSR count). The Hall–Kier alpha value is -1.59. The molecular weight excluding hydrogens is 364 g/mol. The third-order valence-corrected chi connectivity index (χ3v) is 5.35. The minimum Gasteiger partial charge on any atom is -0.494 e. The van der Waals surface area contributed by atoms with Gasteiger partial charge in [-0.05, 0) is 55.2 Å². The number of rotatable bonds is 6. The molecule has 3 atom stereocenters. The van der Waals surface area contributed by atoms with Crippen molar-refractivity contribution in [1.82, 2.24) is 0 Å². The van der Waals surface area contributed by atoms with Gasteiger partial charge in [0.1, 0.15) is 5.75 Å². The monoisotopic (exact) mass is 390 g/mol. The molecule has 1 heterocycles. The molecule has 0 radical (unpaired) electrons. The maximum Gasteiger partial charge on any atom is 0.119 e. The first kappa shape index (κ1) is 20.2. The van der Waals surface area contributed by atoms with Crippen molar-refractivity contribution in [2.45, 2.75) is 50.9 Å². The second kappa shape index (κ2) is 8.61. The molecule has 3 unspecified atom stereocenters. The fourth-order valence-corrected chi connectivity index (χ4v) is 3.78. The first-order valence-corrected chi connectivity index (χ1v) is 9.77. The third kappa shape index (κ3) is 5.02. The number of hydrogen-bond acceptors (Lipinski definition) is 4. The number of benzene rings is 2. The molecule has 2 N–H and O–H groups in total. The molecule has 1 fully saturated rings. The first-order valence-electron chi connectivity index (χ1n) is 9.39. The summed E-state index contributed by atoms with van der Waals surface area (Å²) in [6.45, 7) is 4.32. The van der Waals surface area contributed by atoms with Crippen LogP contribution in [-0.4, -0.2) is 35.1 Å². The highest BCUT2D eigenvalue weighted by molar-refractivity contribution is 6.31. The zero-order chi connectivity index (χ0) is 19.4. The van der Waals surface area contributed by atoms with Crippen LogP contribution in [0.3, 0.4) is 0 Å². The maximum atomic E-state index is 10.2. The Morgan fingerprint density at radius 2 is 1.96 bits per heavy atom. The van der Waals surface area contributed by atoms with Gasteiger partial charge in [0.2, 0.25) is 0 Å². The van der Waals surface area contributed by atoms with E-state index in [1.54, 1.807) is 0 Å². The van der Waals surface area contributed by atoms with Gasteiger partial charge in [-0.25, -0.2) is 0 Å². The molecular formula is C22H27ClO4. The van der Waals surface area contributed by atoms with Gasteiger partial charge in [0.15, 0.2) is 0 Å². The summed E-state index contributed by atoms with van der Waals surface area (Å²) < 4.78 is 11.6. The van der Waals surface area contributed by atoms with Gasteiger partial charge in [0, 0.05) is 17.9 Å². The second-order valence-electron chi connectivity index (χ2n) is 7.41. The van der Waals surface area contributed by atoms with Crippen LogP contribution in [0.5, 0.6) is 5.75 Å². The zero-order valence-corrected chi connectivity index (χ0v) is 16.6. The Kier molecular flexibility index (Phi) is 6.43. The van der Waals surface area contributed by atoms with Crippen molar-refractivity contribution in [3.63, 3.8) is 0 Å². The van der Waals surface area contributed by atoms with Crippen LogP contribution in [0.25, 0.3) is 0 Å². The van der Waals surface area contributed by atoms with E-state index in [9.17, 15) is 10.2 Å². The van der Waals surface area contributed by atoms with Crippen LogP contribution in [-0.2, 0) is 11.2 Å². The predicted molar refractivity (Wildman–Crippen MR) is 106 cm³/mol. The molecule has 0 aliphatic carbocycles. The van der Waals surface area contributed by atoms with Crippen LogP contribution in [0.2, 0.25) is 5.02 Å². The number of hydrogen-bond donors (Lipinski definition) is 2. The highest BCUT2D eigenvalue weighted by Crippen LogP contribution is 2.38. The molecule has 0 aromatic heterocycles. The molecule has 0 amide bonds. The molecule has 0 spiro atoms. The fraction of sp³-hybridized carbons (Fsp3) is 0.455. The smallest absolute Gasteiger partial charge is 0.119 e. The van der Waals surface area contributed by atoms with Crippen molar-refractivity contribution < 1.29 is 19.7 Å². The van der Waals surface area contributed by atoms with Crippen LogP contribution < -0.4 is 4.74 Å². The minimum atomic E-state index is -0.725. The van der Waals surface area contributed by atoms with Crippen molar-refractivity contribution in [2.75, 3.05) is 13.2 Å². The quantitative estimate of drug-likeness (QED) is 0.772. The lowest BCUT2D eigenvalue weighted by atomic mass is 9.88. The SMILES string of the molecule is CCOc1ccc(Cc2cc(C3CC(O)CC(C)(CO)O3)ccc2Cl)cc1. The van der Waals surface area contributed by atoms with E-state index in [0.29, 0.717) is 30.9 Å². The Balaban J connectivity index is 1.79. The van der Waals surface area contributed by atoms with E-state index in [0.717, 1.165) is 22.4 Å². The van der Waals surface area contributed by atoms with Crippen LogP contribution in [0.1, 0.15) is 49.5 Å². The van der Waals surface area contributed by atoms with Crippen molar-refractivity contribution in [3.8, 4) is 5.75 Å². The number of aliphatic hydroxyl groups is 2. The Bertz CT molecular complexity index is 761. The summed E-state index contributed by atoms with van der Waals surface area (Å²) in [5.74, 6) is 0.856. The standard InChI is InChI=1S/C22H27ClO4/c1-3-26-19-7-4-15(5-8-19)10-17-11-16(6-9-20(17)23)21-12-18(25)13-22(2,14-24)27-21/h4-9,11,18,21,24-25H,3,10,12-14H2,1-2H3. The molecule has 1 saturated heterocycles. The average molecular weight is 391 g/mol. The van der Waals surface area contributed by atoms with Crippen LogP contribution >= 0.6 is 11.6 Å². The fourth-order valence-electron chi connectivity index (χ4n) is 3.60. The molecule has 2 aromatic rings. The Morgan fingerprint density at radius 1 is 1.22 bits per heavy atom. The van der Waals surface area contributed by atoms with Gasteiger partial charge in [-0.2, -0.15) is 0 Å². The lowest BCUT2D eigenvalue weighted by Crippen LogP contribution is -2.43. The number of halogens is 1. The summed E-state index contributed by atoms with van der Waals surface area (Å²) in [7, 11) is 0.